The lowest BCUT2D eigenvalue weighted by Gasteiger charge is -2.32. The van der Waals surface area contributed by atoms with Gasteiger partial charge in [0.1, 0.15) is 11.4 Å². The predicted molar refractivity (Wildman–Crippen MR) is 105 cm³/mol. The average molecular weight is 444 g/mol. The lowest BCUT2D eigenvalue weighted by Crippen LogP contribution is -2.34. The van der Waals surface area contributed by atoms with E-state index in [-0.39, 0.29) is 6.61 Å². The van der Waals surface area contributed by atoms with E-state index in [1.54, 1.807) is 7.11 Å². The summed E-state index contributed by atoms with van der Waals surface area (Å²) in [4.78, 5) is 11.4. The second kappa shape index (κ2) is 11.1. The van der Waals surface area contributed by atoms with Crippen molar-refractivity contribution in [2.24, 2.45) is 5.92 Å². The van der Waals surface area contributed by atoms with Crippen molar-refractivity contribution in [3.8, 4) is 5.75 Å². The molecule has 1 aliphatic heterocycles. The molecule has 1 saturated heterocycles. The minimum Gasteiger partial charge on any atom is -0.497 e. The van der Waals surface area contributed by atoms with Crippen molar-refractivity contribution in [2.45, 2.75) is 45.6 Å². The minimum absolute atomic E-state index is 0.0420. The Morgan fingerprint density at radius 3 is 2.42 bits per heavy atom. The number of aliphatic hydroxyl groups is 1. The van der Waals surface area contributed by atoms with Crippen LogP contribution in [0.1, 0.15) is 29.7 Å². The van der Waals surface area contributed by atoms with Gasteiger partial charge < -0.3 is 14.9 Å². The Kier molecular flexibility index (Phi) is 8.81. The molecule has 172 valence electrons. The number of carboxylic acid groups (broad SMARTS) is 1. The fourth-order valence-corrected chi connectivity index (χ4v) is 3.31. The second-order valence-corrected chi connectivity index (χ2v) is 7.40. The molecular weight excluding hydrogens is 417 g/mol. The van der Waals surface area contributed by atoms with Crippen LogP contribution in [0.25, 0.3) is 0 Å². The fraction of sp³-hybridized carbons (Fsp3) is 0.550. The van der Waals surface area contributed by atoms with Crippen LogP contribution in [0, 0.1) is 12.8 Å². The number of aryl methyl sites for hydroxylation is 1. The summed E-state index contributed by atoms with van der Waals surface area (Å²) in [6, 6.07) is 6.32. The summed E-state index contributed by atoms with van der Waals surface area (Å²) in [6.45, 7) is 6.21. The highest BCUT2D eigenvalue weighted by atomic mass is 19.4. The highest BCUT2D eigenvalue weighted by Gasteiger charge is 2.38. The number of ether oxygens (including phenoxy) is 1. The van der Waals surface area contributed by atoms with Gasteiger partial charge >= 0.3 is 12.1 Å². The zero-order chi connectivity index (χ0) is 23.0. The Morgan fingerprint density at radius 2 is 1.94 bits per heavy atom. The number of aliphatic carboxylic acids is 1. The molecule has 11 heteroatoms. The van der Waals surface area contributed by atoms with E-state index < -0.39 is 12.1 Å². The number of methoxy groups -OCH3 is 1. The van der Waals surface area contributed by atoms with Crippen molar-refractivity contribution in [1.82, 2.24) is 19.9 Å². The number of benzene rings is 1. The Balaban J connectivity index is 0.000000423. The molecular formula is C20H27F3N4O4. The monoisotopic (exact) mass is 444 g/mol. The smallest absolute Gasteiger partial charge is 0.490 e. The van der Waals surface area contributed by atoms with Crippen LogP contribution in [0.2, 0.25) is 0 Å². The van der Waals surface area contributed by atoms with Crippen molar-refractivity contribution in [2.75, 3.05) is 20.2 Å². The summed E-state index contributed by atoms with van der Waals surface area (Å²) in [5, 5.41) is 24.2. The minimum atomic E-state index is -5.08. The van der Waals surface area contributed by atoms with Crippen LogP contribution in [0.15, 0.2) is 24.4 Å². The number of carbonyl (C=O) groups is 1. The standard InChI is InChI=1S/C18H26N4O2.C2HF3O2/c1-14-9-18(24-2)4-3-16(14)11-21-7-5-15(6-8-21)10-22-12-17(13-23)19-20-22;3-2(4,5)1(6)7/h3-4,9,12,15,23H,5-8,10-11,13H2,1-2H3;(H,6,7). The van der Waals surface area contributed by atoms with Gasteiger partial charge in [0.25, 0.3) is 0 Å². The summed E-state index contributed by atoms with van der Waals surface area (Å²) < 4.78 is 38.9. The number of alkyl halides is 3. The highest BCUT2D eigenvalue weighted by molar-refractivity contribution is 5.73. The first-order valence-corrected chi connectivity index (χ1v) is 9.78. The van der Waals surface area contributed by atoms with Gasteiger partial charge in [-0.2, -0.15) is 13.2 Å². The van der Waals surface area contributed by atoms with Crippen LogP contribution in [0.5, 0.6) is 5.75 Å². The molecule has 31 heavy (non-hydrogen) atoms. The number of hydrogen-bond acceptors (Lipinski definition) is 6. The zero-order valence-electron chi connectivity index (χ0n) is 17.5. The van der Waals surface area contributed by atoms with Crippen molar-refractivity contribution < 1.29 is 32.9 Å². The van der Waals surface area contributed by atoms with Gasteiger partial charge in [0.15, 0.2) is 0 Å². The maximum absolute atomic E-state index is 10.6. The Bertz CT molecular complexity index is 849. The summed E-state index contributed by atoms with van der Waals surface area (Å²) >= 11 is 0. The van der Waals surface area contributed by atoms with E-state index in [9.17, 15) is 13.2 Å². The number of likely N-dealkylation sites (tertiary alicyclic amines) is 1. The molecule has 2 aromatic rings. The SMILES string of the molecule is COc1ccc(CN2CCC(Cn3cc(CO)nn3)CC2)c(C)c1.O=C(O)C(F)(F)F. The van der Waals surface area contributed by atoms with Crippen LogP contribution in [0.4, 0.5) is 13.2 Å². The summed E-state index contributed by atoms with van der Waals surface area (Å²) in [5.74, 6) is -1.20. The number of aliphatic hydroxyl groups excluding tert-OH is 1. The number of piperidine rings is 1. The molecule has 0 unspecified atom stereocenters. The van der Waals surface area contributed by atoms with Crippen LogP contribution < -0.4 is 4.74 Å². The van der Waals surface area contributed by atoms with E-state index in [1.165, 1.54) is 24.0 Å². The molecule has 1 aromatic carbocycles. The molecule has 8 nitrogen and oxygen atoms in total. The molecule has 0 radical (unpaired) electrons. The molecule has 0 spiro atoms. The van der Waals surface area contributed by atoms with Gasteiger partial charge in [0.2, 0.25) is 0 Å². The summed E-state index contributed by atoms with van der Waals surface area (Å²) in [7, 11) is 1.71. The lowest BCUT2D eigenvalue weighted by molar-refractivity contribution is -0.192. The van der Waals surface area contributed by atoms with Gasteiger partial charge in [0, 0.05) is 13.1 Å². The molecule has 2 heterocycles. The number of aromatic nitrogens is 3. The van der Waals surface area contributed by atoms with E-state index in [1.807, 2.05) is 16.9 Å². The highest BCUT2D eigenvalue weighted by Crippen LogP contribution is 2.23. The Hall–Kier alpha value is -2.66. The van der Waals surface area contributed by atoms with Crippen molar-refractivity contribution >= 4 is 5.97 Å². The number of hydrogen-bond donors (Lipinski definition) is 2. The molecule has 1 aliphatic rings. The Morgan fingerprint density at radius 1 is 1.29 bits per heavy atom. The molecule has 0 amide bonds. The third-order valence-electron chi connectivity index (χ3n) is 5.09. The van der Waals surface area contributed by atoms with Gasteiger partial charge in [-0.05, 0) is 62.0 Å². The number of halogens is 3. The van der Waals surface area contributed by atoms with E-state index in [0.717, 1.165) is 31.9 Å². The maximum atomic E-state index is 10.6. The third kappa shape index (κ3) is 7.83. The van der Waals surface area contributed by atoms with E-state index in [4.69, 9.17) is 19.7 Å². The third-order valence-corrected chi connectivity index (χ3v) is 5.09. The van der Waals surface area contributed by atoms with E-state index >= 15 is 0 Å². The topological polar surface area (TPSA) is 101 Å². The molecule has 0 bridgehead atoms. The fourth-order valence-electron chi connectivity index (χ4n) is 3.31. The van der Waals surface area contributed by atoms with Gasteiger partial charge in [-0.1, -0.05) is 11.3 Å². The van der Waals surface area contributed by atoms with Crippen molar-refractivity contribution in [1.29, 1.82) is 0 Å². The molecule has 3 rings (SSSR count). The number of nitrogens with zero attached hydrogens (tertiary/aromatic N) is 4. The van der Waals surface area contributed by atoms with Crippen molar-refractivity contribution in [3.05, 3.63) is 41.2 Å². The summed E-state index contributed by atoms with van der Waals surface area (Å²) in [5.41, 5.74) is 3.30. The van der Waals surface area contributed by atoms with Gasteiger partial charge in [0.05, 0.1) is 19.9 Å². The molecule has 1 fully saturated rings. The predicted octanol–water partition coefficient (Wildman–Crippen LogP) is 2.63. The van der Waals surface area contributed by atoms with Gasteiger partial charge in [-0.3, -0.25) is 9.58 Å². The number of carboxylic acids is 1. The molecule has 0 saturated carbocycles. The van der Waals surface area contributed by atoms with Crippen LogP contribution >= 0.6 is 0 Å². The van der Waals surface area contributed by atoms with Gasteiger partial charge in [-0.15, -0.1) is 5.10 Å². The zero-order valence-corrected chi connectivity index (χ0v) is 17.5. The maximum Gasteiger partial charge on any atom is 0.490 e. The lowest BCUT2D eigenvalue weighted by atomic mass is 9.96. The first kappa shape index (κ1) is 24.6. The largest absolute Gasteiger partial charge is 0.497 e. The average Bonchev–Trinajstić information content (AvgIpc) is 3.18. The van der Waals surface area contributed by atoms with Crippen LogP contribution in [-0.2, 0) is 24.5 Å². The number of rotatable bonds is 6. The first-order chi connectivity index (χ1) is 14.6. The Labute approximate surface area is 178 Å². The summed E-state index contributed by atoms with van der Waals surface area (Å²) in [6.07, 6.45) is -0.903. The second-order valence-electron chi connectivity index (χ2n) is 7.40. The van der Waals surface area contributed by atoms with Crippen LogP contribution in [-0.4, -0.2) is 62.5 Å². The molecule has 0 atom stereocenters. The molecule has 2 N–H and O–H groups in total. The first-order valence-electron chi connectivity index (χ1n) is 9.78. The quantitative estimate of drug-likeness (QED) is 0.706. The van der Waals surface area contributed by atoms with Gasteiger partial charge in [-0.25, -0.2) is 4.79 Å². The van der Waals surface area contributed by atoms with E-state index in [0.29, 0.717) is 11.6 Å². The van der Waals surface area contributed by atoms with E-state index in [2.05, 4.69) is 34.3 Å². The normalized spacial score (nSPS) is 15.3. The molecule has 0 aliphatic carbocycles. The van der Waals surface area contributed by atoms with Crippen molar-refractivity contribution in [3.63, 3.8) is 0 Å². The van der Waals surface area contributed by atoms with Crippen LogP contribution in [0.3, 0.4) is 0 Å². The molecule has 1 aromatic heterocycles.